The minimum atomic E-state index is 0.638. The number of nitrogens with one attached hydrogen (secondary N) is 1. The van der Waals surface area contributed by atoms with Gasteiger partial charge in [0.15, 0.2) is 0 Å². The Bertz CT molecular complexity index is 957. The Hall–Kier alpha value is -3.39. The third-order valence-electron chi connectivity index (χ3n) is 4.26. The molecule has 0 fully saturated rings. The van der Waals surface area contributed by atoms with Gasteiger partial charge in [-0.15, -0.1) is 0 Å². The summed E-state index contributed by atoms with van der Waals surface area (Å²) in [5.41, 5.74) is 4.95. The summed E-state index contributed by atoms with van der Waals surface area (Å²) in [6.45, 7) is 2.86. The number of nitrogens with zero attached hydrogens (tertiary/aromatic N) is 4. The molecule has 0 unspecified atom stereocenters. The Morgan fingerprint density at radius 1 is 1.08 bits per heavy atom. The molecular weight excluding hydrogens is 310 g/mol. The lowest BCUT2D eigenvalue weighted by Gasteiger charge is -2.18. The van der Waals surface area contributed by atoms with E-state index >= 15 is 0 Å². The Labute approximate surface area is 146 Å². The van der Waals surface area contributed by atoms with Crippen molar-refractivity contribution in [3.63, 3.8) is 0 Å². The van der Waals surface area contributed by atoms with Gasteiger partial charge in [-0.2, -0.15) is 10.2 Å². The Balaban J connectivity index is 1.64. The topological polar surface area (TPSA) is 64.8 Å². The second kappa shape index (κ2) is 6.25. The van der Waals surface area contributed by atoms with Crippen LogP contribution in [0.15, 0.2) is 54.6 Å². The summed E-state index contributed by atoms with van der Waals surface area (Å²) < 4.78 is 0. The van der Waals surface area contributed by atoms with E-state index in [1.54, 1.807) is 12.1 Å². The van der Waals surface area contributed by atoms with Crippen LogP contribution < -0.4 is 10.2 Å². The maximum Gasteiger partial charge on any atom is 0.232 e. The second-order valence-electron chi connectivity index (χ2n) is 6.04. The Morgan fingerprint density at radius 2 is 1.88 bits per heavy atom. The number of para-hydroxylation sites is 1. The van der Waals surface area contributed by atoms with Crippen LogP contribution in [0.1, 0.15) is 16.8 Å². The standard InChI is InChI=1S/C20H17N5/c1-14-12-19(23-17-8-6-15(13-21)7-9-17)24-20(22-14)25-11-10-16-4-2-3-5-18(16)25/h2-9,12H,10-11H2,1H3,(H,22,23,24). The third-order valence-corrected chi connectivity index (χ3v) is 4.26. The van der Waals surface area contributed by atoms with Crippen molar-refractivity contribution in [1.82, 2.24) is 9.97 Å². The third kappa shape index (κ3) is 3.02. The van der Waals surface area contributed by atoms with Crippen LogP contribution >= 0.6 is 0 Å². The van der Waals surface area contributed by atoms with Crippen molar-refractivity contribution in [1.29, 1.82) is 5.26 Å². The molecule has 5 nitrogen and oxygen atoms in total. The molecule has 0 amide bonds. The van der Waals surface area contributed by atoms with Gasteiger partial charge in [0.1, 0.15) is 5.82 Å². The number of nitriles is 1. The van der Waals surface area contributed by atoms with Gasteiger partial charge in [-0.1, -0.05) is 18.2 Å². The van der Waals surface area contributed by atoms with Gasteiger partial charge >= 0.3 is 0 Å². The quantitative estimate of drug-likeness (QED) is 0.785. The first-order valence-corrected chi connectivity index (χ1v) is 8.21. The number of fused-ring (bicyclic) bond motifs is 1. The number of hydrogen-bond donors (Lipinski definition) is 1. The molecule has 5 heteroatoms. The van der Waals surface area contributed by atoms with E-state index in [1.165, 1.54) is 11.3 Å². The predicted octanol–water partition coefficient (Wildman–Crippen LogP) is 4.09. The Morgan fingerprint density at radius 3 is 2.68 bits per heavy atom. The molecule has 0 spiro atoms. The highest BCUT2D eigenvalue weighted by molar-refractivity contribution is 5.67. The minimum Gasteiger partial charge on any atom is -0.340 e. The van der Waals surface area contributed by atoms with Crippen molar-refractivity contribution in [2.75, 3.05) is 16.8 Å². The smallest absolute Gasteiger partial charge is 0.232 e. The molecule has 0 saturated heterocycles. The van der Waals surface area contributed by atoms with E-state index in [-0.39, 0.29) is 0 Å². The van der Waals surface area contributed by atoms with Gasteiger partial charge in [0, 0.05) is 29.7 Å². The largest absolute Gasteiger partial charge is 0.340 e. The first kappa shape index (κ1) is 15.2. The van der Waals surface area contributed by atoms with Crippen LogP contribution in [-0.2, 0) is 6.42 Å². The van der Waals surface area contributed by atoms with Crippen LogP contribution in [-0.4, -0.2) is 16.5 Å². The molecule has 3 aromatic rings. The summed E-state index contributed by atoms with van der Waals surface area (Å²) in [5, 5.41) is 12.2. The zero-order chi connectivity index (χ0) is 17.2. The number of aryl methyl sites for hydroxylation is 1. The van der Waals surface area contributed by atoms with E-state index in [9.17, 15) is 0 Å². The average Bonchev–Trinajstić information content (AvgIpc) is 3.06. The van der Waals surface area contributed by atoms with Gasteiger partial charge in [0.05, 0.1) is 11.6 Å². The number of benzene rings is 2. The van der Waals surface area contributed by atoms with Crippen molar-refractivity contribution in [3.05, 3.63) is 71.4 Å². The molecule has 1 aromatic heterocycles. The van der Waals surface area contributed by atoms with Crippen molar-refractivity contribution in [3.8, 4) is 6.07 Å². The van der Waals surface area contributed by atoms with Gasteiger partial charge in [0.25, 0.3) is 0 Å². The lowest BCUT2D eigenvalue weighted by atomic mass is 10.2. The molecule has 0 bridgehead atoms. The number of aromatic nitrogens is 2. The van der Waals surface area contributed by atoms with Crippen molar-refractivity contribution < 1.29 is 0 Å². The summed E-state index contributed by atoms with van der Waals surface area (Å²) in [5.74, 6) is 1.46. The van der Waals surface area contributed by atoms with E-state index in [0.717, 1.165) is 30.2 Å². The SMILES string of the molecule is Cc1cc(Nc2ccc(C#N)cc2)nc(N2CCc3ccccc32)n1. The van der Waals surface area contributed by atoms with Crippen molar-refractivity contribution >= 4 is 23.1 Å². The Kier molecular flexibility index (Phi) is 3.79. The van der Waals surface area contributed by atoms with Crippen LogP contribution in [0.25, 0.3) is 0 Å². The van der Waals surface area contributed by atoms with Gasteiger partial charge < -0.3 is 10.2 Å². The summed E-state index contributed by atoms with van der Waals surface area (Å²) in [6.07, 6.45) is 1.01. The van der Waals surface area contributed by atoms with E-state index in [4.69, 9.17) is 10.2 Å². The summed E-state index contributed by atoms with van der Waals surface area (Å²) >= 11 is 0. The molecular formula is C20H17N5. The molecule has 0 aliphatic carbocycles. The highest BCUT2D eigenvalue weighted by atomic mass is 15.3. The van der Waals surface area contributed by atoms with Crippen LogP contribution in [0.3, 0.4) is 0 Å². The van der Waals surface area contributed by atoms with Crippen LogP contribution in [0, 0.1) is 18.3 Å². The monoisotopic (exact) mass is 327 g/mol. The van der Waals surface area contributed by atoms with Gasteiger partial charge in [-0.25, -0.2) is 4.98 Å². The van der Waals surface area contributed by atoms with E-state index in [0.29, 0.717) is 11.5 Å². The molecule has 2 aromatic carbocycles. The number of rotatable bonds is 3. The molecule has 1 aliphatic heterocycles. The maximum absolute atomic E-state index is 8.90. The first-order chi connectivity index (χ1) is 12.2. The minimum absolute atomic E-state index is 0.638. The van der Waals surface area contributed by atoms with Gasteiger partial charge in [-0.3, -0.25) is 0 Å². The fourth-order valence-corrected chi connectivity index (χ4v) is 3.06. The molecule has 25 heavy (non-hydrogen) atoms. The second-order valence-corrected chi connectivity index (χ2v) is 6.04. The normalized spacial score (nSPS) is 12.6. The van der Waals surface area contributed by atoms with Gasteiger partial charge in [-0.05, 0) is 49.2 Å². The summed E-state index contributed by atoms with van der Waals surface area (Å²) in [7, 11) is 0. The molecule has 4 rings (SSSR count). The molecule has 122 valence electrons. The lowest BCUT2D eigenvalue weighted by Crippen LogP contribution is -2.17. The summed E-state index contributed by atoms with van der Waals surface area (Å²) in [6, 6.07) is 19.7. The molecule has 1 N–H and O–H groups in total. The summed E-state index contributed by atoms with van der Waals surface area (Å²) in [4.78, 5) is 11.5. The molecule has 1 aliphatic rings. The van der Waals surface area contributed by atoms with Crippen LogP contribution in [0.4, 0.5) is 23.1 Å². The zero-order valence-corrected chi connectivity index (χ0v) is 13.9. The predicted molar refractivity (Wildman–Crippen MR) is 98.4 cm³/mol. The number of anilines is 4. The van der Waals surface area contributed by atoms with Crippen molar-refractivity contribution in [2.45, 2.75) is 13.3 Å². The van der Waals surface area contributed by atoms with E-state index in [2.05, 4.69) is 39.5 Å². The molecule has 2 heterocycles. The van der Waals surface area contributed by atoms with Crippen LogP contribution in [0.5, 0.6) is 0 Å². The van der Waals surface area contributed by atoms with E-state index in [1.807, 2.05) is 31.2 Å². The van der Waals surface area contributed by atoms with Crippen molar-refractivity contribution in [2.24, 2.45) is 0 Å². The average molecular weight is 327 g/mol. The highest BCUT2D eigenvalue weighted by Crippen LogP contribution is 2.33. The zero-order valence-electron chi connectivity index (χ0n) is 13.9. The molecule has 0 radical (unpaired) electrons. The van der Waals surface area contributed by atoms with E-state index < -0.39 is 0 Å². The first-order valence-electron chi connectivity index (χ1n) is 8.21. The fraction of sp³-hybridized carbons (Fsp3) is 0.150. The molecule has 0 saturated carbocycles. The number of hydrogen-bond acceptors (Lipinski definition) is 5. The molecule has 0 atom stereocenters. The highest BCUT2D eigenvalue weighted by Gasteiger charge is 2.22. The van der Waals surface area contributed by atoms with Gasteiger partial charge in [0.2, 0.25) is 5.95 Å². The van der Waals surface area contributed by atoms with Crippen LogP contribution in [0.2, 0.25) is 0 Å². The maximum atomic E-state index is 8.90. The fourth-order valence-electron chi connectivity index (χ4n) is 3.06. The lowest BCUT2D eigenvalue weighted by molar-refractivity contribution is 0.931.